The molecule has 2 heterocycles. The van der Waals surface area contributed by atoms with Crippen LogP contribution in [0.4, 0.5) is 0 Å². The number of halogens is 1. The molecule has 6 nitrogen and oxygen atoms in total. The van der Waals surface area contributed by atoms with E-state index in [4.69, 9.17) is 25.8 Å². The van der Waals surface area contributed by atoms with E-state index >= 15 is 0 Å². The molecule has 1 N–H and O–H groups in total. The molecule has 2 saturated heterocycles. The quantitative estimate of drug-likeness (QED) is 0.574. The number of aliphatic hydroxyl groups is 1. The van der Waals surface area contributed by atoms with Crippen LogP contribution in [0.1, 0.15) is 29.5 Å². The summed E-state index contributed by atoms with van der Waals surface area (Å²) < 4.78 is 17.3. The van der Waals surface area contributed by atoms with Crippen molar-refractivity contribution in [2.24, 2.45) is 0 Å². The van der Waals surface area contributed by atoms with Gasteiger partial charge in [-0.1, -0.05) is 23.7 Å². The van der Waals surface area contributed by atoms with Crippen LogP contribution in [0.3, 0.4) is 0 Å². The van der Waals surface area contributed by atoms with Crippen molar-refractivity contribution in [2.75, 3.05) is 59.2 Å². The second kappa shape index (κ2) is 11.7. The van der Waals surface area contributed by atoms with Gasteiger partial charge in [-0.25, -0.2) is 0 Å². The van der Waals surface area contributed by atoms with Crippen LogP contribution < -0.4 is 9.47 Å². The summed E-state index contributed by atoms with van der Waals surface area (Å²) >= 11 is 6.26. The van der Waals surface area contributed by atoms with Crippen LogP contribution in [0.25, 0.3) is 0 Å². The van der Waals surface area contributed by atoms with Crippen molar-refractivity contribution >= 4 is 11.6 Å². The van der Waals surface area contributed by atoms with Crippen molar-refractivity contribution in [2.45, 2.75) is 38.8 Å². The molecule has 0 bridgehead atoms. The molecule has 1 unspecified atom stereocenters. The number of morpholine rings is 1. The molecule has 0 spiro atoms. The lowest BCUT2D eigenvalue weighted by molar-refractivity contribution is -0.0621. The summed E-state index contributed by atoms with van der Waals surface area (Å²) in [5, 5.41) is 12.0. The fourth-order valence-corrected chi connectivity index (χ4v) is 4.84. The highest BCUT2D eigenvalue weighted by Crippen LogP contribution is 2.28. The van der Waals surface area contributed by atoms with E-state index in [1.54, 1.807) is 0 Å². The Balaban J connectivity index is 1.24. The van der Waals surface area contributed by atoms with Crippen molar-refractivity contribution in [3.63, 3.8) is 0 Å². The van der Waals surface area contributed by atoms with Gasteiger partial charge >= 0.3 is 0 Å². The van der Waals surface area contributed by atoms with Gasteiger partial charge in [-0.3, -0.25) is 9.80 Å². The first-order valence-corrected chi connectivity index (χ1v) is 12.6. The van der Waals surface area contributed by atoms with Crippen LogP contribution in [0, 0.1) is 13.8 Å². The van der Waals surface area contributed by atoms with Gasteiger partial charge in [0.1, 0.15) is 30.3 Å². The van der Waals surface area contributed by atoms with E-state index in [0.29, 0.717) is 13.2 Å². The summed E-state index contributed by atoms with van der Waals surface area (Å²) in [4.78, 5) is 4.67. The number of aryl methyl sites for hydroxylation is 2. The summed E-state index contributed by atoms with van der Waals surface area (Å²) in [5.41, 5.74) is 2.34. The maximum Gasteiger partial charge on any atom is 0.120 e. The molecular weight excluding hydrogens is 452 g/mol. The maximum atomic E-state index is 11.2. The van der Waals surface area contributed by atoms with Crippen LogP contribution in [-0.2, 0) is 11.3 Å². The van der Waals surface area contributed by atoms with Crippen molar-refractivity contribution in [1.29, 1.82) is 0 Å². The molecule has 0 amide bonds. The van der Waals surface area contributed by atoms with Gasteiger partial charge in [0.15, 0.2) is 0 Å². The monoisotopic (exact) mass is 488 g/mol. The normalized spacial score (nSPS) is 22.0. The fourth-order valence-electron chi connectivity index (χ4n) is 4.73. The smallest absolute Gasteiger partial charge is 0.120 e. The van der Waals surface area contributed by atoms with E-state index in [9.17, 15) is 5.11 Å². The number of rotatable bonds is 9. The zero-order chi connectivity index (χ0) is 24.0. The zero-order valence-electron chi connectivity index (χ0n) is 20.4. The van der Waals surface area contributed by atoms with Crippen molar-refractivity contribution in [3.8, 4) is 11.5 Å². The average Bonchev–Trinajstić information content (AvgIpc) is 2.83. The predicted molar refractivity (Wildman–Crippen MR) is 135 cm³/mol. The third-order valence-corrected chi connectivity index (χ3v) is 7.26. The lowest BCUT2D eigenvalue weighted by atomic mass is 9.93. The van der Waals surface area contributed by atoms with Crippen molar-refractivity contribution < 1.29 is 19.3 Å². The lowest BCUT2D eigenvalue weighted by Crippen LogP contribution is -2.51. The Hall–Kier alpha value is -1.83. The largest absolute Gasteiger partial charge is 0.492 e. The predicted octanol–water partition coefficient (Wildman–Crippen LogP) is 4.07. The molecule has 0 radical (unpaired) electrons. The van der Waals surface area contributed by atoms with E-state index in [2.05, 4.69) is 21.9 Å². The number of hydrogen-bond acceptors (Lipinski definition) is 6. The van der Waals surface area contributed by atoms with E-state index in [0.717, 1.165) is 86.4 Å². The van der Waals surface area contributed by atoms with Crippen LogP contribution in [0.5, 0.6) is 11.5 Å². The van der Waals surface area contributed by atoms with Gasteiger partial charge in [-0.2, -0.15) is 0 Å². The van der Waals surface area contributed by atoms with Gasteiger partial charge in [-0.15, -0.1) is 0 Å². The van der Waals surface area contributed by atoms with Gasteiger partial charge in [0.05, 0.1) is 13.2 Å². The number of hydrogen-bond donors (Lipinski definition) is 1. The number of likely N-dealkylation sites (tertiary alicyclic amines) is 1. The Morgan fingerprint density at radius 1 is 0.971 bits per heavy atom. The lowest BCUT2D eigenvalue weighted by Gasteiger charge is -2.39. The average molecular weight is 489 g/mol. The summed E-state index contributed by atoms with van der Waals surface area (Å²) in [6.45, 7) is 11.8. The number of ether oxygens (including phenoxy) is 3. The molecule has 1 atom stereocenters. The Morgan fingerprint density at radius 3 is 2.38 bits per heavy atom. The second-order valence-corrected chi connectivity index (χ2v) is 10.0. The van der Waals surface area contributed by atoms with Gasteiger partial charge < -0.3 is 19.3 Å². The molecular formula is C27H37ClN2O4. The first kappa shape index (κ1) is 25.3. The van der Waals surface area contributed by atoms with E-state index in [-0.39, 0.29) is 6.61 Å². The van der Waals surface area contributed by atoms with Crippen molar-refractivity contribution in [3.05, 3.63) is 58.1 Å². The Labute approximate surface area is 208 Å². The number of nitrogens with zero attached hydrogens (tertiary/aromatic N) is 2. The highest BCUT2D eigenvalue weighted by Gasteiger charge is 2.34. The summed E-state index contributed by atoms with van der Waals surface area (Å²) in [7, 11) is 0. The molecule has 4 rings (SSSR count). The standard InChI is InChI=1S/C27H37ClN2O4/c1-21-16-25(17-22(2)26(21)28)34-20-27(31)8-3-9-30(19-27)18-23-4-6-24(7-5-23)33-15-12-29-10-13-32-14-11-29/h4-7,16-17,31H,3,8-15,18-20H2,1-2H3. The first-order chi connectivity index (χ1) is 16.4. The van der Waals surface area contributed by atoms with Crippen LogP contribution in [0.2, 0.25) is 5.02 Å². The molecule has 186 valence electrons. The third kappa shape index (κ3) is 7.09. The molecule has 2 aliphatic heterocycles. The number of benzene rings is 2. The SMILES string of the molecule is Cc1cc(OCC2(O)CCCN(Cc3ccc(OCCN4CCOCC4)cc3)C2)cc(C)c1Cl. The van der Waals surface area contributed by atoms with Crippen LogP contribution >= 0.6 is 11.6 Å². The van der Waals surface area contributed by atoms with Crippen LogP contribution in [0.15, 0.2) is 36.4 Å². The van der Waals surface area contributed by atoms with Crippen molar-refractivity contribution in [1.82, 2.24) is 9.80 Å². The van der Waals surface area contributed by atoms with Gasteiger partial charge in [0.25, 0.3) is 0 Å². The summed E-state index contributed by atoms with van der Waals surface area (Å²) in [6.07, 6.45) is 1.69. The first-order valence-electron chi connectivity index (χ1n) is 12.3. The molecule has 0 aliphatic carbocycles. The number of piperidine rings is 1. The molecule has 2 aromatic rings. The topological polar surface area (TPSA) is 54.4 Å². The fraction of sp³-hybridized carbons (Fsp3) is 0.556. The van der Waals surface area contributed by atoms with Gasteiger partial charge in [0, 0.05) is 37.7 Å². The second-order valence-electron chi connectivity index (χ2n) is 9.64. The van der Waals surface area contributed by atoms with E-state index < -0.39 is 5.60 Å². The summed E-state index contributed by atoms with van der Waals surface area (Å²) in [6, 6.07) is 12.2. The number of β-amino-alcohol motifs (C(OH)–C–C–N with tert-alkyl or cyclic N) is 1. The molecule has 34 heavy (non-hydrogen) atoms. The Kier molecular flexibility index (Phi) is 8.72. The summed E-state index contributed by atoms with van der Waals surface area (Å²) in [5.74, 6) is 1.66. The van der Waals surface area contributed by atoms with E-state index in [1.807, 2.05) is 38.1 Å². The highest BCUT2D eigenvalue weighted by atomic mass is 35.5. The minimum absolute atomic E-state index is 0.278. The Morgan fingerprint density at radius 2 is 1.68 bits per heavy atom. The minimum Gasteiger partial charge on any atom is -0.492 e. The maximum absolute atomic E-state index is 11.2. The molecule has 7 heteroatoms. The molecule has 0 saturated carbocycles. The minimum atomic E-state index is -0.859. The van der Waals surface area contributed by atoms with Crippen LogP contribution in [-0.4, -0.2) is 79.7 Å². The van der Waals surface area contributed by atoms with E-state index in [1.165, 1.54) is 5.56 Å². The molecule has 2 aliphatic rings. The molecule has 2 fully saturated rings. The third-order valence-electron chi connectivity index (χ3n) is 6.66. The molecule has 2 aromatic carbocycles. The van der Waals surface area contributed by atoms with Gasteiger partial charge in [-0.05, 0) is 74.2 Å². The molecule has 0 aromatic heterocycles. The highest BCUT2D eigenvalue weighted by molar-refractivity contribution is 6.32. The van der Waals surface area contributed by atoms with Gasteiger partial charge in [0.2, 0.25) is 0 Å². The zero-order valence-corrected chi connectivity index (χ0v) is 21.1. The Bertz CT molecular complexity index is 910.